The molecule has 1 aromatic carbocycles. The average molecular weight is 279 g/mol. The van der Waals surface area contributed by atoms with Gasteiger partial charge in [-0.15, -0.1) is 0 Å². The van der Waals surface area contributed by atoms with Gasteiger partial charge < -0.3 is 15.3 Å². The Balaban J connectivity index is 2.95. The first-order chi connectivity index (χ1) is 9.45. The van der Waals surface area contributed by atoms with Crippen molar-refractivity contribution in [3.63, 3.8) is 0 Å². The van der Waals surface area contributed by atoms with Gasteiger partial charge in [-0.05, 0) is 5.56 Å². The van der Waals surface area contributed by atoms with Crippen LogP contribution in [0.3, 0.4) is 0 Å². The molecule has 1 atom stereocenters. The highest BCUT2D eigenvalue weighted by Gasteiger charge is 2.26. The van der Waals surface area contributed by atoms with E-state index in [-0.39, 0.29) is 0 Å². The molecular formula is C13H15N2O5. The van der Waals surface area contributed by atoms with Gasteiger partial charge in [-0.1, -0.05) is 30.3 Å². The fraction of sp³-hybridized carbons (Fsp3) is 0.308. The Bertz CT molecular complexity index is 489. The third-order valence-corrected chi connectivity index (χ3v) is 2.56. The first-order valence-corrected chi connectivity index (χ1v) is 5.85. The Hall–Kier alpha value is -2.41. The van der Waals surface area contributed by atoms with Crippen LogP contribution in [0.2, 0.25) is 0 Å². The first kappa shape index (κ1) is 15.6. The van der Waals surface area contributed by atoms with Gasteiger partial charge in [-0.3, -0.25) is 14.4 Å². The van der Waals surface area contributed by atoms with Crippen LogP contribution in [0.25, 0.3) is 0 Å². The SMILES string of the molecule is CN(CC(=O)O)C(=O)C(NC(=O)C[O])c1ccccc1. The third kappa shape index (κ3) is 4.36. The van der Waals surface area contributed by atoms with Gasteiger partial charge in [-0.25, -0.2) is 5.11 Å². The van der Waals surface area contributed by atoms with Crippen LogP contribution < -0.4 is 5.32 Å². The summed E-state index contributed by atoms with van der Waals surface area (Å²) in [4.78, 5) is 35.0. The molecule has 1 unspecified atom stereocenters. The second-order valence-corrected chi connectivity index (χ2v) is 4.14. The average Bonchev–Trinajstić information content (AvgIpc) is 2.43. The second kappa shape index (κ2) is 7.25. The van der Waals surface area contributed by atoms with Crippen LogP contribution in [0.15, 0.2) is 30.3 Å². The second-order valence-electron chi connectivity index (χ2n) is 4.14. The lowest BCUT2D eigenvalue weighted by molar-refractivity contribution is -0.145. The minimum atomic E-state index is -1.16. The van der Waals surface area contributed by atoms with Gasteiger partial charge in [0.1, 0.15) is 12.6 Å². The molecule has 0 saturated heterocycles. The summed E-state index contributed by atoms with van der Waals surface area (Å²) in [6, 6.07) is 7.25. The maximum atomic E-state index is 12.2. The predicted octanol–water partition coefficient (Wildman–Crippen LogP) is -0.183. The predicted molar refractivity (Wildman–Crippen MR) is 68.2 cm³/mol. The Kier molecular flexibility index (Phi) is 5.67. The van der Waals surface area contributed by atoms with Crippen LogP contribution in [0.5, 0.6) is 0 Å². The molecular weight excluding hydrogens is 264 g/mol. The van der Waals surface area contributed by atoms with Crippen LogP contribution in [-0.4, -0.2) is 48.0 Å². The largest absolute Gasteiger partial charge is 0.480 e. The number of likely N-dealkylation sites (N-methyl/N-ethyl adjacent to an activating group) is 1. The van der Waals surface area contributed by atoms with Crippen molar-refractivity contribution in [1.29, 1.82) is 0 Å². The molecule has 0 heterocycles. The van der Waals surface area contributed by atoms with E-state index in [1.807, 2.05) is 0 Å². The van der Waals surface area contributed by atoms with E-state index >= 15 is 0 Å². The lowest BCUT2D eigenvalue weighted by atomic mass is 10.1. The number of hydrogen-bond acceptors (Lipinski definition) is 3. The Morgan fingerprint density at radius 2 is 1.85 bits per heavy atom. The van der Waals surface area contributed by atoms with E-state index in [0.717, 1.165) is 4.90 Å². The molecule has 0 aliphatic heterocycles. The van der Waals surface area contributed by atoms with Crippen molar-refractivity contribution < 1.29 is 24.6 Å². The maximum Gasteiger partial charge on any atom is 0.323 e. The Labute approximate surface area is 115 Å². The van der Waals surface area contributed by atoms with Crippen molar-refractivity contribution in [2.45, 2.75) is 6.04 Å². The molecule has 0 spiro atoms. The van der Waals surface area contributed by atoms with E-state index in [9.17, 15) is 19.5 Å². The number of benzene rings is 1. The minimum absolute atomic E-state index is 0.483. The Morgan fingerprint density at radius 3 is 2.35 bits per heavy atom. The van der Waals surface area contributed by atoms with E-state index in [1.165, 1.54) is 7.05 Å². The van der Waals surface area contributed by atoms with Gasteiger partial charge in [0, 0.05) is 7.05 Å². The van der Waals surface area contributed by atoms with Gasteiger partial charge in [-0.2, -0.15) is 0 Å². The zero-order valence-electron chi connectivity index (χ0n) is 10.9. The highest BCUT2D eigenvalue weighted by Crippen LogP contribution is 2.15. The molecule has 0 fully saturated rings. The van der Waals surface area contributed by atoms with Crippen LogP contribution in [-0.2, 0) is 19.5 Å². The number of carboxylic acid groups (broad SMARTS) is 1. The molecule has 0 saturated carbocycles. The summed E-state index contributed by atoms with van der Waals surface area (Å²) in [5.74, 6) is -2.58. The van der Waals surface area contributed by atoms with Gasteiger partial charge in [0.25, 0.3) is 0 Å². The van der Waals surface area contributed by atoms with Crippen molar-refractivity contribution in [3.8, 4) is 0 Å². The fourth-order valence-corrected chi connectivity index (χ4v) is 1.64. The molecule has 0 aliphatic carbocycles. The molecule has 1 rings (SSSR count). The van der Waals surface area contributed by atoms with E-state index in [2.05, 4.69) is 5.32 Å². The minimum Gasteiger partial charge on any atom is -0.480 e. The van der Waals surface area contributed by atoms with Crippen molar-refractivity contribution in [2.75, 3.05) is 20.2 Å². The molecule has 0 aromatic heterocycles. The molecule has 1 radical (unpaired) electrons. The summed E-state index contributed by atoms with van der Waals surface area (Å²) in [6.45, 7) is -1.49. The number of carbonyl (C=O) groups is 3. The Morgan fingerprint density at radius 1 is 1.25 bits per heavy atom. The number of hydrogen-bond donors (Lipinski definition) is 2. The number of amides is 2. The number of nitrogens with one attached hydrogen (secondary N) is 1. The van der Waals surface area contributed by atoms with Gasteiger partial charge in [0.05, 0.1) is 0 Å². The van der Waals surface area contributed by atoms with Gasteiger partial charge in [0.15, 0.2) is 6.61 Å². The molecule has 107 valence electrons. The molecule has 0 aliphatic rings. The van der Waals surface area contributed by atoms with Crippen molar-refractivity contribution in [1.82, 2.24) is 10.2 Å². The smallest absolute Gasteiger partial charge is 0.323 e. The molecule has 1 aromatic rings. The number of aliphatic carboxylic acids is 1. The lowest BCUT2D eigenvalue weighted by Crippen LogP contribution is -2.43. The van der Waals surface area contributed by atoms with E-state index in [4.69, 9.17) is 5.11 Å². The topological polar surface area (TPSA) is 107 Å². The lowest BCUT2D eigenvalue weighted by Gasteiger charge is -2.23. The van der Waals surface area contributed by atoms with Crippen LogP contribution >= 0.6 is 0 Å². The third-order valence-electron chi connectivity index (χ3n) is 2.56. The summed E-state index contributed by atoms with van der Waals surface area (Å²) in [5.41, 5.74) is 0.483. The summed E-state index contributed by atoms with van der Waals surface area (Å²) in [6.07, 6.45) is 0. The van der Waals surface area contributed by atoms with Crippen LogP contribution in [0.1, 0.15) is 11.6 Å². The van der Waals surface area contributed by atoms with Crippen molar-refractivity contribution in [2.24, 2.45) is 0 Å². The summed E-state index contributed by atoms with van der Waals surface area (Å²) < 4.78 is 0. The quantitative estimate of drug-likeness (QED) is 0.753. The van der Waals surface area contributed by atoms with Crippen LogP contribution in [0.4, 0.5) is 0 Å². The van der Waals surface area contributed by atoms with E-state index in [0.29, 0.717) is 5.56 Å². The number of carbonyl (C=O) groups excluding carboxylic acids is 2. The molecule has 0 bridgehead atoms. The molecule has 20 heavy (non-hydrogen) atoms. The monoisotopic (exact) mass is 279 g/mol. The highest BCUT2D eigenvalue weighted by atomic mass is 16.4. The highest BCUT2D eigenvalue weighted by molar-refractivity contribution is 5.90. The molecule has 7 heteroatoms. The number of carboxylic acids is 1. The van der Waals surface area contributed by atoms with E-state index in [1.54, 1.807) is 30.3 Å². The standard InChI is InChI=1S/C13H15N2O5/c1-15(7-11(18)19)13(20)12(14-10(17)8-16)9-5-3-2-4-6-9/h2-6,12H,7-8H2,1H3,(H,14,17)(H,18,19). The maximum absolute atomic E-state index is 12.2. The number of nitrogens with zero attached hydrogens (tertiary/aromatic N) is 1. The van der Waals surface area contributed by atoms with Crippen LogP contribution in [0, 0.1) is 0 Å². The van der Waals surface area contributed by atoms with Gasteiger partial charge in [0.2, 0.25) is 11.8 Å². The zero-order chi connectivity index (χ0) is 15.1. The van der Waals surface area contributed by atoms with Gasteiger partial charge >= 0.3 is 5.97 Å². The fourth-order valence-electron chi connectivity index (χ4n) is 1.64. The summed E-state index contributed by atoms with van der Waals surface area (Å²) in [5, 5.41) is 21.5. The summed E-state index contributed by atoms with van der Waals surface area (Å²) >= 11 is 0. The molecule has 2 N–H and O–H groups in total. The normalized spacial score (nSPS) is 11.5. The van der Waals surface area contributed by atoms with Crippen molar-refractivity contribution >= 4 is 17.8 Å². The van der Waals surface area contributed by atoms with E-state index < -0.39 is 37.0 Å². The molecule has 7 nitrogen and oxygen atoms in total. The first-order valence-electron chi connectivity index (χ1n) is 5.85. The van der Waals surface area contributed by atoms with Crippen molar-refractivity contribution in [3.05, 3.63) is 35.9 Å². The molecule has 2 amide bonds. The zero-order valence-corrected chi connectivity index (χ0v) is 10.9. The number of rotatable bonds is 6. The summed E-state index contributed by atoms with van der Waals surface area (Å²) in [7, 11) is 1.32.